The lowest BCUT2D eigenvalue weighted by atomic mass is 10.1. The van der Waals surface area contributed by atoms with Crippen LogP contribution in [0.3, 0.4) is 0 Å². The smallest absolute Gasteiger partial charge is 0.0127 e. The number of rotatable bonds is 4. The molecule has 2 rings (SSSR count). The van der Waals surface area contributed by atoms with Crippen molar-refractivity contribution in [3.63, 3.8) is 0 Å². The highest BCUT2D eigenvalue weighted by Crippen LogP contribution is 2.39. The summed E-state index contributed by atoms with van der Waals surface area (Å²) in [4.78, 5) is 2.78. The van der Waals surface area contributed by atoms with Gasteiger partial charge in [-0.3, -0.25) is 4.90 Å². The molecule has 2 aliphatic rings. The van der Waals surface area contributed by atoms with E-state index in [0.29, 0.717) is 0 Å². The third-order valence-electron chi connectivity index (χ3n) is 4.33. The molecular formula is C14H28N2. The van der Waals surface area contributed by atoms with Crippen LogP contribution in [0.15, 0.2) is 0 Å². The van der Waals surface area contributed by atoms with Crippen LogP contribution in [0.25, 0.3) is 0 Å². The molecule has 3 unspecified atom stereocenters. The van der Waals surface area contributed by atoms with Crippen molar-refractivity contribution < 1.29 is 0 Å². The third kappa shape index (κ3) is 3.21. The summed E-state index contributed by atoms with van der Waals surface area (Å²) in [5, 5.41) is 3.66. The second-order valence-electron chi connectivity index (χ2n) is 5.59. The van der Waals surface area contributed by atoms with Gasteiger partial charge in [0.2, 0.25) is 0 Å². The lowest BCUT2D eigenvalue weighted by molar-refractivity contribution is 0.213. The van der Waals surface area contributed by atoms with Crippen LogP contribution in [0.2, 0.25) is 0 Å². The predicted octanol–water partition coefficient (Wildman–Crippen LogP) is 2.64. The van der Waals surface area contributed by atoms with Gasteiger partial charge in [-0.05, 0) is 57.7 Å². The van der Waals surface area contributed by atoms with Gasteiger partial charge in [-0.25, -0.2) is 0 Å². The minimum atomic E-state index is 0.770. The Bertz CT molecular complexity index is 205. The molecule has 0 aromatic carbocycles. The summed E-state index contributed by atoms with van der Waals surface area (Å²) >= 11 is 0. The summed E-state index contributed by atoms with van der Waals surface area (Å²) in [6.45, 7) is 8.51. The molecule has 1 saturated carbocycles. The van der Waals surface area contributed by atoms with Gasteiger partial charge in [0, 0.05) is 12.1 Å². The largest absolute Gasteiger partial charge is 0.314 e. The van der Waals surface area contributed by atoms with Gasteiger partial charge in [-0.15, -0.1) is 0 Å². The highest BCUT2D eigenvalue weighted by molar-refractivity contribution is 4.95. The van der Waals surface area contributed by atoms with Crippen molar-refractivity contribution in [1.29, 1.82) is 0 Å². The minimum absolute atomic E-state index is 0.770. The SMILES string of the molecule is CCCC1CC1N1CCCNC(CC)CC1. The van der Waals surface area contributed by atoms with Crippen LogP contribution in [0.5, 0.6) is 0 Å². The molecule has 2 heteroatoms. The second kappa shape index (κ2) is 6.02. The van der Waals surface area contributed by atoms with Gasteiger partial charge in [0.15, 0.2) is 0 Å². The lowest BCUT2D eigenvalue weighted by Crippen LogP contribution is -2.40. The van der Waals surface area contributed by atoms with Crippen molar-refractivity contribution in [3.8, 4) is 0 Å². The molecule has 1 aliphatic carbocycles. The van der Waals surface area contributed by atoms with E-state index in [1.807, 2.05) is 0 Å². The molecule has 2 nitrogen and oxygen atoms in total. The molecule has 0 bridgehead atoms. The molecule has 0 aromatic heterocycles. The molecule has 94 valence electrons. The van der Waals surface area contributed by atoms with Gasteiger partial charge in [0.05, 0.1) is 0 Å². The zero-order valence-electron chi connectivity index (χ0n) is 11.0. The molecule has 1 heterocycles. The fourth-order valence-corrected chi connectivity index (χ4v) is 3.16. The van der Waals surface area contributed by atoms with Gasteiger partial charge in [0.1, 0.15) is 0 Å². The Morgan fingerprint density at radius 1 is 1.25 bits per heavy atom. The van der Waals surface area contributed by atoms with E-state index in [0.717, 1.165) is 18.0 Å². The quantitative estimate of drug-likeness (QED) is 0.790. The molecule has 0 radical (unpaired) electrons. The van der Waals surface area contributed by atoms with E-state index in [1.165, 1.54) is 58.2 Å². The summed E-state index contributed by atoms with van der Waals surface area (Å²) in [6, 6.07) is 1.72. The first-order valence-corrected chi connectivity index (χ1v) is 7.32. The Morgan fingerprint density at radius 2 is 2.12 bits per heavy atom. The maximum Gasteiger partial charge on any atom is 0.0127 e. The minimum Gasteiger partial charge on any atom is -0.314 e. The van der Waals surface area contributed by atoms with Crippen LogP contribution in [0, 0.1) is 5.92 Å². The molecule has 1 aliphatic heterocycles. The molecule has 16 heavy (non-hydrogen) atoms. The average Bonchev–Trinajstić information content (AvgIpc) is 2.98. The maximum atomic E-state index is 3.66. The lowest BCUT2D eigenvalue weighted by Gasteiger charge is -2.29. The summed E-state index contributed by atoms with van der Waals surface area (Å²) in [7, 11) is 0. The maximum absolute atomic E-state index is 3.66. The van der Waals surface area contributed by atoms with E-state index in [4.69, 9.17) is 0 Å². The first-order valence-electron chi connectivity index (χ1n) is 7.32. The van der Waals surface area contributed by atoms with Crippen LogP contribution < -0.4 is 5.32 Å². The number of nitrogens with zero attached hydrogens (tertiary/aromatic N) is 1. The Kier molecular flexibility index (Phi) is 4.66. The molecule has 0 amide bonds. The van der Waals surface area contributed by atoms with Gasteiger partial charge in [0.25, 0.3) is 0 Å². The number of hydrogen-bond acceptors (Lipinski definition) is 2. The van der Waals surface area contributed by atoms with Crippen LogP contribution in [0.4, 0.5) is 0 Å². The first-order chi connectivity index (χ1) is 7.85. The van der Waals surface area contributed by atoms with Gasteiger partial charge < -0.3 is 5.32 Å². The molecule has 1 saturated heterocycles. The molecule has 1 N–H and O–H groups in total. The highest BCUT2D eigenvalue weighted by atomic mass is 15.2. The number of hydrogen-bond donors (Lipinski definition) is 1. The zero-order chi connectivity index (χ0) is 11.4. The monoisotopic (exact) mass is 224 g/mol. The Balaban J connectivity index is 1.76. The highest BCUT2D eigenvalue weighted by Gasteiger charge is 2.40. The van der Waals surface area contributed by atoms with E-state index in [-0.39, 0.29) is 0 Å². The van der Waals surface area contributed by atoms with E-state index in [2.05, 4.69) is 24.1 Å². The standard InChI is InChI=1S/C14H28N2/c1-3-6-12-11-14(12)16-9-5-8-15-13(4-2)7-10-16/h12-15H,3-11H2,1-2H3. The summed E-state index contributed by atoms with van der Waals surface area (Å²) in [5.41, 5.74) is 0. The normalized spacial score (nSPS) is 36.8. The van der Waals surface area contributed by atoms with Crippen molar-refractivity contribution in [2.75, 3.05) is 19.6 Å². The van der Waals surface area contributed by atoms with E-state index >= 15 is 0 Å². The molecule has 3 atom stereocenters. The number of nitrogens with one attached hydrogen (secondary N) is 1. The van der Waals surface area contributed by atoms with E-state index < -0.39 is 0 Å². The van der Waals surface area contributed by atoms with Crippen molar-refractivity contribution in [1.82, 2.24) is 10.2 Å². The van der Waals surface area contributed by atoms with Crippen LogP contribution >= 0.6 is 0 Å². The summed E-state index contributed by atoms with van der Waals surface area (Å²) in [6.07, 6.45) is 8.29. The van der Waals surface area contributed by atoms with Crippen molar-refractivity contribution >= 4 is 0 Å². The van der Waals surface area contributed by atoms with Crippen molar-refractivity contribution in [3.05, 3.63) is 0 Å². The van der Waals surface area contributed by atoms with Gasteiger partial charge >= 0.3 is 0 Å². The third-order valence-corrected chi connectivity index (χ3v) is 4.33. The fourth-order valence-electron chi connectivity index (χ4n) is 3.16. The Morgan fingerprint density at radius 3 is 2.88 bits per heavy atom. The molecule has 2 fully saturated rings. The summed E-state index contributed by atoms with van der Waals surface area (Å²) < 4.78 is 0. The van der Waals surface area contributed by atoms with Gasteiger partial charge in [-0.2, -0.15) is 0 Å². The zero-order valence-corrected chi connectivity index (χ0v) is 11.0. The van der Waals surface area contributed by atoms with Crippen molar-refractivity contribution in [2.24, 2.45) is 5.92 Å². The van der Waals surface area contributed by atoms with Crippen LogP contribution in [-0.2, 0) is 0 Å². The fraction of sp³-hybridized carbons (Fsp3) is 1.00. The average molecular weight is 224 g/mol. The molecule has 0 aromatic rings. The van der Waals surface area contributed by atoms with Gasteiger partial charge in [-0.1, -0.05) is 20.3 Å². The predicted molar refractivity (Wildman–Crippen MR) is 69.7 cm³/mol. The van der Waals surface area contributed by atoms with Crippen LogP contribution in [0.1, 0.15) is 52.4 Å². The summed E-state index contributed by atoms with van der Waals surface area (Å²) in [5.74, 6) is 1.04. The Hall–Kier alpha value is -0.0800. The Labute approximate surface area is 101 Å². The second-order valence-corrected chi connectivity index (χ2v) is 5.59. The van der Waals surface area contributed by atoms with Crippen LogP contribution in [-0.4, -0.2) is 36.6 Å². The molecule has 0 spiro atoms. The molecular weight excluding hydrogens is 196 g/mol. The van der Waals surface area contributed by atoms with E-state index in [1.54, 1.807) is 0 Å². The first kappa shape index (κ1) is 12.4. The van der Waals surface area contributed by atoms with Crippen molar-refractivity contribution in [2.45, 2.75) is 64.5 Å². The topological polar surface area (TPSA) is 15.3 Å². The van der Waals surface area contributed by atoms with E-state index in [9.17, 15) is 0 Å².